The first-order chi connectivity index (χ1) is 11.8. The predicted octanol–water partition coefficient (Wildman–Crippen LogP) is 2.03. The van der Waals surface area contributed by atoms with Gasteiger partial charge in [-0.2, -0.15) is 0 Å². The number of benzene rings is 1. The Morgan fingerprint density at radius 3 is 2.72 bits per heavy atom. The zero-order valence-electron chi connectivity index (χ0n) is 14.5. The van der Waals surface area contributed by atoms with E-state index in [0.29, 0.717) is 25.9 Å². The van der Waals surface area contributed by atoms with Crippen LogP contribution in [0.25, 0.3) is 0 Å². The van der Waals surface area contributed by atoms with Crippen molar-refractivity contribution in [1.82, 2.24) is 9.21 Å². The van der Waals surface area contributed by atoms with Gasteiger partial charge in [-0.15, -0.1) is 0 Å². The Morgan fingerprint density at radius 1 is 1.24 bits per heavy atom. The topological polar surface area (TPSA) is 57.7 Å². The molecule has 5 nitrogen and oxygen atoms in total. The smallest absolute Gasteiger partial charge is 0.227 e. The fraction of sp³-hybridized carbons (Fsp3) is 0.611. The molecule has 138 valence electrons. The Hall–Kier alpha value is -1.47. The van der Waals surface area contributed by atoms with Crippen molar-refractivity contribution in [2.24, 2.45) is 5.92 Å². The summed E-state index contributed by atoms with van der Waals surface area (Å²) in [6, 6.07) is 6.59. The van der Waals surface area contributed by atoms with Gasteiger partial charge in [-0.1, -0.05) is 12.1 Å². The molecule has 0 spiro atoms. The lowest BCUT2D eigenvalue weighted by atomic mass is 9.96. The maximum Gasteiger partial charge on any atom is 0.227 e. The summed E-state index contributed by atoms with van der Waals surface area (Å²) >= 11 is 0. The van der Waals surface area contributed by atoms with Gasteiger partial charge in [-0.05, 0) is 49.8 Å². The van der Waals surface area contributed by atoms with Crippen LogP contribution in [0.15, 0.2) is 24.3 Å². The molecule has 2 aliphatic rings. The zero-order chi connectivity index (χ0) is 18.0. The van der Waals surface area contributed by atoms with Crippen molar-refractivity contribution in [2.45, 2.75) is 38.1 Å². The average Bonchev–Trinajstić information content (AvgIpc) is 3.01. The van der Waals surface area contributed by atoms with Gasteiger partial charge in [0.15, 0.2) is 0 Å². The Balaban J connectivity index is 1.68. The molecule has 2 saturated heterocycles. The first kappa shape index (κ1) is 18.3. The number of piperidine rings is 1. The predicted molar refractivity (Wildman–Crippen MR) is 94.0 cm³/mol. The summed E-state index contributed by atoms with van der Waals surface area (Å²) in [6.45, 7) is 1.48. The lowest BCUT2D eigenvalue weighted by Gasteiger charge is -2.34. The van der Waals surface area contributed by atoms with Gasteiger partial charge in [0.2, 0.25) is 15.9 Å². The molecule has 2 aliphatic heterocycles. The van der Waals surface area contributed by atoms with Crippen molar-refractivity contribution in [1.29, 1.82) is 0 Å². The second-order valence-corrected chi connectivity index (χ2v) is 9.10. The van der Waals surface area contributed by atoms with Gasteiger partial charge in [0, 0.05) is 25.7 Å². The molecule has 1 amide bonds. The number of amides is 1. The summed E-state index contributed by atoms with van der Waals surface area (Å²) in [6.07, 6.45) is 5.13. The second-order valence-electron chi connectivity index (χ2n) is 7.12. The fourth-order valence-electron chi connectivity index (χ4n) is 3.95. The van der Waals surface area contributed by atoms with Crippen molar-refractivity contribution >= 4 is 15.9 Å². The van der Waals surface area contributed by atoms with Gasteiger partial charge in [0.1, 0.15) is 5.82 Å². The van der Waals surface area contributed by atoms with Crippen LogP contribution in [0.2, 0.25) is 0 Å². The maximum atomic E-state index is 13.4. The molecule has 2 atom stereocenters. The van der Waals surface area contributed by atoms with Crippen LogP contribution in [0.5, 0.6) is 0 Å². The third-order valence-corrected chi connectivity index (χ3v) is 6.49. The Labute approximate surface area is 148 Å². The molecule has 3 rings (SSSR count). The van der Waals surface area contributed by atoms with E-state index in [-0.39, 0.29) is 30.2 Å². The molecule has 0 N–H and O–H groups in total. The maximum absolute atomic E-state index is 13.4. The first-order valence-corrected chi connectivity index (χ1v) is 10.7. The fourth-order valence-corrected chi connectivity index (χ4v) is 4.87. The molecular weight excluding hydrogens is 343 g/mol. The second kappa shape index (κ2) is 7.41. The number of carbonyl (C=O) groups is 1. The van der Waals surface area contributed by atoms with Gasteiger partial charge in [-0.3, -0.25) is 4.79 Å². The number of carbonyl (C=O) groups excluding carboxylic acids is 1. The monoisotopic (exact) mass is 368 g/mol. The van der Waals surface area contributed by atoms with Gasteiger partial charge < -0.3 is 4.90 Å². The van der Waals surface area contributed by atoms with Crippen molar-refractivity contribution in [2.75, 3.05) is 25.9 Å². The van der Waals surface area contributed by atoms with E-state index in [1.807, 2.05) is 11.0 Å². The van der Waals surface area contributed by atoms with Crippen LogP contribution in [0, 0.1) is 11.7 Å². The number of halogens is 1. The van der Waals surface area contributed by atoms with Crippen LogP contribution in [0.4, 0.5) is 4.39 Å². The zero-order valence-corrected chi connectivity index (χ0v) is 15.3. The largest absolute Gasteiger partial charge is 0.339 e. The van der Waals surface area contributed by atoms with E-state index in [2.05, 4.69) is 0 Å². The number of sulfonamides is 1. The summed E-state index contributed by atoms with van der Waals surface area (Å²) in [5.41, 5.74) is 0.895. The highest BCUT2D eigenvalue weighted by Gasteiger charge is 2.36. The van der Waals surface area contributed by atoms with Gasteiger partial charge in [0.25, 0.3) is 0 Å². The van der Waals surface area contributed by atoms with Gasteiger partial charge >= 0.3 is 0 Å². The highest BCUT2D eigenvalue weighted by molar-refractivity contribution is 7.88. The Morgan fingerprint density at radius 2 is 2.00 bits per heavy atom. The van der Waals surface area contributed by atoms with Crippen molar-refractivity contribution < 1.29 is 17.6 Å². The molecule has 1 aromatic rings. The first-order valence-electron chi connectivity index (χ1n) is 8.84. The van der Waals surface area contributed by atoms with E-state index in [4.69, 9.17) is 0 Å². The molecular formula is C18H25FN2O3S. The molecule has 0 aliphatic carbocycles. The van der Waals surface area contributed by atoms with Crippen LogP contribution in [-0.2, 0) is 21.2 Å². The standard InChI is InChI=1S/C18H25FN2O3S/c1-25(23,24)20-9-3-6-15(13-20)18(22)21-10-4-8-17(21)12-14-5-2-7-16(19)11-14/h2,5,7,11,15,17H,3-4,6,8-10,12-13H2,1H3. The summed E-state index contributed by atoms with van der Waals surface area (Å²) in [5.74, 6) is -0.478. The van der Waals surface area contributed by atoms with Gasteiger partial charge in [-0.25, -0.2) is 17.1 Å². The number of nitrogens with zero attached hydrogens (tertiary/aromatic N) is 2. The van der Waals surface area contributed by atoms with Crippen molar-refractivity contribution in [3.05, 3.63) is 35.6 Å². The van der Waals surface area contributed by atoms with E-state index in [1.165, 1.54) is 22.7 Å². The van der Waals surface area contributed by atoms with Crippen LogP contribution in [-0.4, -0.2) is 55.5 Å². The summed E-state index contributed by atoms with van der Waals surface area (Å²) in [5, 5.41) is 0. The number of hydrogen-bond donors (Lipinski definition) is 0. The highest BCUT2D eigenvalue weighted by Crippen LogP contribution is 2.27. The average molecular weight is 368 g/mol. The molecule has 0 saturated carbocycles. The Kier molecular flexibility index (Phi) is 5.43. The number of hydrogen-bond acceptors (Lipinski definition) is 3. The van der Waals surface area contributed by atoms with Crippen LogP contribution >= 0.6 is 0 Å². The quantitative estimate of drug-likeness (QED) is 0.817. The van der Waals surface area contributed by atoms with E-state index >= 15 is 0 Å². The molecule has 0 bridgehead atoms. The molecule has 0 aromatic heterocycles. The highest BCUT2D eigenvalue weighted by atomic mass is 32.2. The van der Waals surface area contributed by atoms with Gasteiger partial charge in [0.05, 0.1) is 12.2 Å². The molecule has 2 unspecified atom stereocenters. The Bertz CT molecular complexity index is 738. The molecule has 1 aromatic carbocycles. The molecule has 25 heavy (non-hydrogen) atoms. The third kappa shape index (κ3) is 4.39. The van der Waals surface area contributed by atoms with E-state index < -0.39 is 10.0 Å². The summed E-state index contributed by atoms with van der Waals surface area (Å²) in [4.78, 5) is 14.9. The van der Waals surface area contributed by atoms with Crippen LogP contribution in [0.3, 0.4) is 0 Å². The lowest BCUT2D eigenvalue weighted by molar-refractivity contribution is -0.137. The summed E-state index contributed by atoms with van der Waals surface area (Å²) < 4.78 is 38.4. The van der Waals surface area contributed by atoms with Crippen LogP contribution < -0.4 is 0 Å². The van der Waals surface area contributed by atoms with Crippen molar-refractivity contribution in [3.8, 4) is 0 Å². The minimum absolute atomic E-state index is 0.0484. The van der Waals surface area contributed by atoms with E-state index in [0.717, 1.165) is 24.8 Å². The van der Waals surface area contributed by atoms with E-state index in [9.17, 15) is 17.6 Å². The van der Waals surface area contributed by atoms with Crippen LogP contribution in [0.1, 0.15) is 31.2 Å². The van der Waals surface area contributed by atoms with Crippen molar-refractivity contribution in [3.63, 3.8) is 0 Å². The molecule has 0 radical (unpaired) electrons. The lowest BCUT2D eigenvalue weighted by Crippen LogP contribution is -2.48. The normalized spacial score (nSPS) is 25.3. The molecule has 2 fully saturated rings. The third-order valence-electron chi connectivity index (χ3n) is 5.22. The minimum atomic E-state index is -3.26. The molecule has 7 heteroatoms. The summed E-state index contributed by atoms with van der Waals surface area (Å²) in [7, 11) is -3.26. The number of rotatable bonds is 4. The minimum Gasteiger partial charge on any atom is -0.339 e. The van der Waals surface area contributed by atoms with E-state index in [1.54, 1.807) is 6.07 Å². The molecule has 2 heterocycles. The number of likely N-dealkylation sites (tertiary alicyclic amines) is 1. The SMILES string of the molecule is CS(=O)(=O)N1CCCC(C(=O)N2CCCC2Cc2cccc(F)c2)C1.